The number of hydrogen-bond acceptors (Lipinski definition) is 6. The molecule has 0 aliphatic carbocycles. The summed E-state index contributed by atoms with van der Waals surface area (Å²) in [6, 6.07) is 24.9. The fourth-order valence-electron chi connectivity index (χ4n) is 6.10. The number of carbonyl (C=O) groups is 1. The summed E-state index contributed by atoms with van der Waals surface area (Å²) in [7, 11) is 1.55. The van der Waals surface area contributed by atoms with Gasteiger partial charge in [-0.1, -0.05) is 72.8 Å². The Bertz CT molecular complexity index is 1980. The average Bonchev–Trinajstić information content (AvgIpc) is 3.23. The predicted octanol–water partition coefficient (Wildman–Crippen LogP) is 6.25. The summed E-state index contributed by atoms with van der Waals surface area (Å²) in [5.41, 5.74) is 2.17. The molecule has 0 fully saturated rings. The van der Waals surface area contributed by atoms with E-state index in [1.165, 1.54) is 17.8 Å². The van der Waals surface area contributed by atoms with E-state index in [2.05, 4.69) is 0 Å². The van der Waals surface area contributed by atoms with Gasteiger partial charge in [0.25, 0.3) is 5.91 Å². The summed E-state index contributed by atoms with van der Waals surface area (Å²) >= 11 is 1.46. The number of ether oxygens (including phenoxy) is 2. The molecule has 0 saturated heterocycles. The summed E-state index contributed by atoms with van der Waals surface area (Å²) in [5, 5.41) is 3.93. The van der Waals surface area contributed by atoms with E-state index in [1.54, 1.807) is 28.9 Å². The van der Waals surface area contributed by atoms with Gasteiger partial charge in [0.2, 0.25) is 5.43 Å². The van der Waals surface area contributed by atoms with Crippen LogP contribution in [-0.4, -0.2) is 42.4 Å². The Morgan fingerprint density at radius 3 is 2.51 bits per heavy atom. The molecule has 228 valence electrons. The lowest BCUT2D eigenvalue weighted by atomic mass is 9.92. The van der Waals surface area contributed by atoms with Gasteiger partial charge in [-0.05, 0) is 33.5 Å². The van der Waals surface area contributed by atoms with Crippen molar-refractivity contribution in [2.45, 2.75) is 23.3 Å². The molecule has 0 radical (unpaired) electrons. The number of thioether (sulfide) groups is 1. The Balaban J connectivity index is 1.45. The SMILES string of the molecule is COCCN1CN(C2c3ccc(F)c(F)c3CSc3c2ccc2ccccc32)n2ccc(=O)c(OCc3ccccc3)c2C1=O. The van der Waals surface area contributed by atoms with Crippen molar-refractivity contribution < 1.29 is 23.0 Å². The maximum atomic E-state index is 15.6. The van der Waals surface area contributed by atoms with Crippen LogP contribution in [0.3, 0.4) is 0 Å². The highest BCUT2D eigenvalue weighted by Crippen LogP contribution is 2.46. The number of halogens is 2. The predicted molar refractivity (Wildman–Crippen MR) is 169 cm³/mol. The van der Waals surface area contributed by atoms with Crippen LogP contribution in [0.5, 0.6) is 5.75 Å². The molecule has 7 nitrogen and oxygen atoms in total. The first kappa shape index (κ1) is 29.1. The molecule has 0 N–H and O–H groups in total. The zero-order valence-corrected chi connectivity index (χ0v) is 25.2. The standard InChI is InChI=1S/C35H29F2N3O4S/c1-43-18-17-38-21-40(39-16-15-29(41)33(32(39)35(38)42)44-19-22-7-3-2-4-8-22)31-25-13-14-28(36)30(37)27(25)20-45-34-24-10-6-5-9-23(24)11-12-26(31)34/h2-16,31H,17-21H2,1H3. The molecule has 4 aromatic carbocycles. The van der Waals surface area contributed by atoms with E-state index in [0.717, 1.165) is 32.9 Å². The summed E-state index contributed by atoms with van der Waals surface area (Å²) in [6.45, 7) is 0.676. The number of pyridine rings is 1. The van der Waals surface area contributed by atoms with Gasteiger partial charge in [0.05, 0.1) is 12.6 Å². The summed E-state index contributed by atoms with van der Waals surface area (Å²) in [5.74, 6) is -2.06. The van der Waals surface area contributed by atoms with E-state index >= 15 is 4.39 Å². The summed E-state index contributed by atoms with van der Waals surface area (Å²) < 4.78 is 43.3. The second-order valence-corrected chi connectivity index (χ2v) is 11.9. The first-order valence-corrected chi connectivity index (χ1v) is 15.5. The number of aromatic nitrogens is 1. The van der Waals surface area contributed by atoms with Gasteiger partial charge in [-0.2, -0.15) is 0 Å². The smallest absolute Gasteiger partial charge is 0.277 e. The molecule has 2 aliphatic heterocycles. The van der Waals surface area contributed by atoms with Crippen LogP contribution in [0, 0.1) is 11.6 Å². The fourth-order valence-corrected chi connectivity index (χ4v) is 7.37. The molecule has 5 aromatic rings. The Morgan fingerprint density at radius 1 is 0.911 bits per heavy atom. The highest BCUT2D eigenvalue weighted by atomic mass is 32.2. The average molecular weight is 626 g/mol. The number of nitrogens with zero attached hydrogens (tertiary/aromatic N) is 3. The topological polar surface area (TPSA) is 64.0 Å². The second-order valence-electron chi connectivity index (χ2n) is 10.9. The molecule has 1 atom stereocenters. The molecular weight excluding hydrogens is 596 g/mol. The zero-order valence-electron chi connectivity index (χ0n) is 24.4. The van der Waals surface area contributed by atoms with Gasteiger partial charge < -0.3 is 14.4 Å². The van der Waals surface area contributed by atoms with E-state index in [1.807, 2.05) is 71.7 Å². The highest BCUT2D eigenvalue weighted by Gasteiger charge is 2.40. The number of hydrogen-bond donors (Lipinski definition) is 0. The van der Waals surface area contributed by atoms with Crippen LogP contribution >= 0.6 is 11.8 Å². The van der Waals surface area contributed by atoms with Gasteiger partial charge in [-0.25, -0.2) is 8.78 Å². The third kappa shape index (κ3) is 5.13. The Hall–Kier alpha value is -4.67. The van der Waals surface area contributed by atoms with Crippen molar-refractivity contribution in [2.24, 2.45) is 0 Å². The minimum absolute atomic E-state index is 0.0594. The van der Waals surface area contributed by atoms with E-state index in [4.69, 9.17) is 9.47 Å². The van der Waals surface area contributed by atoms with Crippen molar-refractivity contribution in [2.75, 3.05) is 31.9 Å². The number of carbonyl (C=O) groups excluding carboxylic acids is 1. The molecule has 0 saturated carbocycles. The molecule has 0 bridgehead atoms. The molecule has 1 unspecified atom stereocenters. The minimum atomic E-state index is -0.917. The molecule has 45 heavy (non-hydrogen) atoms. The van der Waals surface area contributed by atoms with Crippen molar-refractivity contribution in [3.05, 3.63) is 141 Å². The first-order chi connectivity index (χ1) is 22.0. The van der Waals surface area contributed by atoms with Gasteiger partial charge in [-0.15, -0.1) is 11.8 Å². The molecule has 1 aromatic heterocycles. The highest BCUT2D eigenvalue weighted by molar-refractivity contribution is 7.98. The monoisotopic (exact) mass is 625 g/mol. The number of amides is 1. The van der Waals surface area contributed by atoms with Crippen LogP contribution in [0.25, 0.3) is 10.8 Å². The zero-order chi connectivity index (χ0) is 31.1. The van der Waals surface area contributed by atoms with Gasteiger partial charge in [0.15, 0.2) is 23.1 Å². The number of methoxy groups -OCH3 is 1. The number of rotatable bonds is 7. The van der Waals surface area contributed by atoms with Gasteiger partial charge >= 0.3 is 0 Å². The molecule has 10 heteroatoms. The van der Waals surface area contributed by atoms with Crippen molar-refractivity contribution >= 4 is 28.4 Å². The summed E-state index contributed by atoms with van der Waals surface area (Å²) in [6.07, 6.45) is 1.55. The van der Waals surface area contributed by atoms with Gasteiger partial charge in [0, 0.05) is 42.1 Å². The third-order valence-corrected chi connectivity index (χ3v) is 9.48. The second kappa shape index (κ2) is 12.0. The lowest BCUT2D eigenvalue weighted by Gasteiger charge is -2.44. The van der Waals surface area contributed by atoms with Crippen LogP contribution in [0.2, 0.25) is 0 Å². The normalized spacial score (nSPS) is 15.8. The maximum Gasteiger partial charge on any atom is 0.277 e. The molecule has 2 aliphatic rings. The Kier molecular flexibility index (Phi) is 7.76. The third-order valence-electron chi connectivity index (χ3n) is 8.30. The maximum absolute atomic E-state index is 15.6. The molecule has 0 spiro atoms. The van der Waals surface area contributed by atoms with Crippen molar-refractivity contribution in [1.29, 1.82) is 0 Å². The Morgan fingerprint density at radius 2 is 1.69 bits per heavy atom. The minimum Gasteiger partial charge on any atom is -0.482 e. The molecular formula is C35H29F2N3O4S. The van der Waals surface area contributed by atoms with Crippen LogP contribution in [0.4, 0.5) is 8.78 Å². The van der Waals surface area contributed by atoms with E-state index in [-0.39, 0.29) is 49.2 Å². The first-order valence-electron chi connectivity index (χ1n) is 14.5. The fraction of sp³-hybridized carbons (Fsp3) is 0.200. The lowest BCUT2D eigenvalue weighted by Crippen LogP contribution is -2.56. The lowest BCUT2D eigenvalue weighted by molar-refractivity contribution is 0.0611. The van der Waals surface area contributed by atoms with Gasteiger partial charge in [-0.3, -0.25) is 19.3 Å². The quantitative estimate of drug-likeness (QED) is 0.213. The molecule has 7 rings (SSSR count). The summed E-state index contributed by atoms with van der Waals surface area (Å²) in [4.78, 5) is 29.9. The van der Waals surface area contributed by atoms with E-state index in [0.29, 0.717) is 5.56 Å². The van der Waals surface area contributed by atoms with Crippen molar-refractivity contribution in [3.63, 3.8) is 0 Å². The van der Waals surface area contributed by atoms with Gasteiger partial charge in [0.1, 0.15) is 13.3 Å². The van der Waals surface area contributed by atoms with Crippen molar-refractivity contribution in [1.82, 2.24) is 9.58 Å². The largest absolute Gasteiger partial charge is 0.482 e. The van der Waals surface area contributed by atoms with Crippen LogP contribution in [0.15, 0.2) is 101 Å². The van der Waals surface area contributed by atoms with Crippen molar-refractivity contribution in [3.8, 4) is 5.75 Å². The van der Waals surface area contributed by atoms with E-state index in [9.17, 15) is 14.0 Å². The van der Waals surface area contributed by atoms with Crippen LogP contribution in [0.1, 0.15) is 38.8 Å². The number of benzene rings is 4. The van der Waals surface area contributed by atoms with E-state index < -0.39 is 29.0 Å². The Labute approximate surface area is 262 Å². The molecule has 3 heterocycles. The number of fused-ring (bicyclic) bond motifs is 5. The van der Waals surface area contributed by atoms with Crippen LogP contribution < -0.4 is 15.2 Å². The van der Waals surface area contributed by atoms with Crippen LogP contribution in [-0.2, 0) is 17.1 Å². The molecule has 1 amide bonds.